The molecule has 3 atom stereocenters. The molecular formula is C24H27F3N6O2S. The summed E-state index contributed by atoms with van der Waals surface area (Å²) in [7, 11) is 0.0222. The molecule has 1 fully saturated rings. The molecule has 1 aliphatic rings. The summed E-state index contributed by atoms with van der Waals surface area (Å²) in [5.74, 6) is 0.676. The third-order valence-electron chi connectivity index (χ3n) is 6.37. The van der Waals surface area contributed by atoms with Crippen LogP contribution in [0.2, 0.25) is 0 Å². The number of alkyl halides is 3. The smallest absolute Gasteiger partial charge is 0.366 e. The highest BCUT2D eigenvalue weighted by molar-refractivity contribution is 7.92. The maximum Gasteiger partial charge on any atom is 0.416 e. The third kappa shape index (κ3) is 6.11. The van der Waals surface area contributed by atoms with Gasteiger partial charge < -0.3 is 10.2 Å². The first kappa shape index (κ1) is 25.8. The lowest BCUT2D eigenvalue weighted by molar-refractivity contribution is -0.137. The van der Waals surface area contributed by atoms with Crippen molar-refractivity contribution in [2.24, 2.45) is 0 Å². The number of pyridine rings is 1. The highest BCUT2D eigenvalue weighted by atomic mass is 32.2. The predicted molar refractivity (Wildman–Crippen MR) is 130 cm³/mol. The van der Waals surface area contributed by atoms with E-state index in [-0.39, 0.29) is 28.7 Å². The number of halogens is 3. The van der Waals surface area contributed by atoms with Crippen LogP contribution in [0.15, 0.2) is 66.1 Å². The van der Waals surface area contributed by atoms with Crippen molar-refractivity contribution in [1.82, 2.24) is 19.9 Å². The van der Waals surface area contributed by atoms with Gasteiger partial charge in [-0.15, -0.1) is 0 Å². The lowest BCUT2D eigenvalue weighted by atomic mass is 9.78. The van der Waals surface area contributed by atoms with Crippen LogP contribution in [0.25, 0.3) is 0 Å². The molecule has 0 saturated heterocycles. The maximum absolute atomic E-state index is 13.2. The molecule has 3 unspecified atom stereocenters. The number of benzene rings is 1. The first-order valence-electron chi connectivity index (χ1n) is 11.4. The molecule has 0 radical (unpaired) electrons. The Labute approximate surface area is 208 Å². The van der Waals surface area contributed by atoms with E-state index in [2.05, 4.69) is 29.9 Å². The van der Waals surface area contributed by atoms with E-state index in [1.165, 1.54) is 43.0 Å². The Hall–Kier alpha value is -3.25. The van der Waals surface area contributed by atoms with Crippen molar-refractivity contribution in [2.75, 3.05) is 24.1 Å². The summed E-state index contributed by atoms with van der Waals surface area (Å²) in [6.07, 6.45) is 1.70. The molecule has 2 heterocycles. The molecule has 2 aromatic heterocycles. The molecule has 12 heteroatoms. The highest BCUT2D eigenvalue weighted by Crippen LogP contribution is 2.38. The fourth-order valence-electron chi connectivity index (χ4n) is 4.52. The Morgan fingerprint density at radius 1 is 1.03 bits per heavy atom. The van der Waals surface area contributed by atoms with Crippen molar-refractivity contribution < 1.29 is 21.6 Å². The van der Waals surface area contributed by atoms with Crippen molar-refractivity contribution in [3.63, 3.8) is 0 Å². The van der Waals surface area contributed by atoms with Crippen LogP contribution in [-0.4, -0.2) is 54.4 Å². The molecule has 1 saturated carbocycles. The summed E-state index contributed by atoms with van der Waals surface area (Å²) in [4.78, 5) is 13.9. The predicted octanol–water partition coefficient (Wildman–Crippen LogP) is 4.37. The van der Waals surface area contributed by atoms with Gasteiger partial charge in [0, 0.05) is 24.5 Å². The van der Waals surface area contributed by atoms with E-state index in [1.807, 2.05) is 14.1 Å². The SMILES string of the molecule is CN(C)C1CC(c2cccc(C(F)(F)F)c2)CCC1Nc1ccc(S(=O)(=O)Nc2ccncn2)cn1. The number of aromatic nitrogens is 3. The lowest BCUT2D eigenvalue weighted by Crippen LogP contribution is -2.47. The minimum absolute atomic E-state index is 0.00357. The average molecular weight is 521 g/mol. The molecule has 0 spiro atoms. The minimum Gasteiger partial charge on any atom is -0.366 e. The fourth-order valence-corrected chi connectivity index (χ4v) is 5.47. The second-order valence-corrected chi connectivity index (χ2v) is 10.7. The molecule has 1 aromatic carbocycles. The van der Waals surface area contributed by atoms with Crippen LogP contribution in [0.1, 0.15) is 36.3 Å². The summed E-state index contributed by atoms with van der Waals surface area (Å²) >= 11 is 0. The van der Waals surface area contributed by atoms with Gasteiger partial charge in [0.05, 0.1) is 5.56 Å². The van der Waals surface area contributed by atoms with Crippen LogP contribution < -0.4 is 10.0 Å². The van der Waals surface area contributed by atoms with Gasteiger partial charge >= 0.3 is 6.18 Å². The minimum atomic E-state index is -4.37. The van der Waals surface area contributed by atoms with E-state index < -0.39 is 21.8 Å². The molecule has 192 valence electrons. The molecule has 0 amide bonds. The molecule has 1 aliphatic carbocycles. The van der Waals surface area contributed by atoms with Gasteiger partial charge in [0.2, 0.25) is 0 Å². The first-order valence-corrected chi connectivity index (χ1v) is 12.9. The van der Waals surface area contributed by atoms with Gasteiger partial charge in [-0.2, -0.15) is 13.2 Å². The van der Waals surface area contributed by atoms with Gasteiger partial charge in [-0.1, -0.05) is 18.2 Å². The first-order chi connectivity index (χ1) is 17.0. The zero-order valence-corrected chi connectivity index (χ0v) is 20.6. The summed E-state index contributed by atoms with van der Waals surface area (Å²) in [6, 6.07) is 10.1. The second kappa shape index (κ2) is 10.4. The zero-order valence-electron chi connectivity index (χ0n) is 19.8. The normalized spacial score (nSPS) is 20.8. The molecular weight excluding hydrogens is 493 g/mol. The van der Waals surface area contributed by atoms with E-state index >= 15 is 0 Å². The van der Waals surface area contributed by atoms with Gasteiger partial charge in [-0.05, 0) is 69.1 Å². The standard InChI is InChI=1S/C24H27F3N6O2S/c1-33(2)21-13-17(16-4-3-5-18(12-16)24(25,26)27)6-8-20(21)31-22-9-7-19(14-29-22)36(34,35)32-23-10-11-28-15-30-23/h3-5,7,9-12,14-15,17,20-21H,6,8,13H2,1-2H3,(H,29,31)(H,28,30,32). The Morgan fingerprint density at radius 3 is 2.47 bits per heavy atom. The highest BCUT2D eigenvalue weighted by Gasteiger charge is 2.35. The summed E-state index contributed by atoms with van der Waals surface area (Å²) in [5.41, 5.74) is 0.0640. The number of nitrogens with zero attached hydrogens (tertiary/aromatic N) is 4. The molecule has 8 nitrogen and oxygen atoms in total. The number of anilines is 2. The molecule has 3 aromatic rings. The van der Waals surface area contributed by atoms with Gasteiger partial charge in [0.1, 0.15) is 22.9 Å². The molecule has 0 aliphatic heterocycles. The number of hydrogen-bond donors (Lipinski definition) is 2. The Morgan fingerprint density at radius 2 is 1.83 bits per heavy atom. The number of rotatable bonds is 7. The van der Waals surface area contributed by atoms with Crippen LogP contribution in [0.4, 0.5) is 24.8 Å². The van der Waals surface area contributed by atoms with Gasteiger partial charge in [-0.3, -0.25) is 4.72 Å². The lowest BCUT2D eigenvalue weighted by Gasteiger charge is -2.40. The number of nitrogens with one attached hydrogen (secondary N) is 2. The topological polar surface area (TPSA) is 100 Å². The summed E-state index contributed by atoms with van der Waals surface area (Å²) < 4.78 is 67.1. The quantitative estimate of drug-likeness (QED) is 0.477. The Kier molecular flexibility index (Phi) is 7.46. The zero-order chi connectivity index (χ0) is 25.9. The van der Waals surface area contributed by atoms with Gasteiger partial charge in [0.15, 0.2) is 0 Å². The van der Waals surface area contributed by atoms with Gasteiger partial charge in [0.25, 0.3) is 10.0 Å². The maximum atomic E-state index is 13.2. The van der Waals surface area contributed by atoms with Crippen molar-refractivity contribution in [3.05, 3.63) is 72.3 Å². The molecule has 36 heavy (non-hydrogen) atoms. The van der Waals surface area contributed by atoms with Crippen LogP contribution in [0.3, 0.4) is 0 Å². The molecule has 4 rings (SSSR count). The van der Waals surface area contributed by atoms with E-state index in [1.54, 1.807) is 12.1 Å². The Bertz CT molecular complexity index is 1270. The van der Waals surface area contributed by atoms with E-state index in [0.29, 0.717) is 17.8 Å². The van der Waals surface area contributed by atoms with E-state index in [0.717, 1.165) is 18.9 Å². The van der Waals surface area contributed by atoms with E-state index in [9.17, 15) is 21.6 Å². The summed E-state index contributed by atoms with van der Waals surface area (Å²) in [5, 5.41) is 3.38. The number of hydrogen-bond acceptors (Lipinski definition) is 7. The number of likely N-dealkylation sites (N-methyl/N-ethyl adjacent to an activating group) is 1. The molecule has 0 bridgehead atoms. The van der Waals surface area contributed by atoms with Crippen LogP contribution in [0.5, 0.6) is 0 Å². The third-order valence-corrected chi connectivity index (χ3v) is 7.71. The fraction of sp³-hybridized carbons (Fsp3) is 0.375. The average Bonchev–Trinajstić information content (AvgIpc) is 2.84. The van der Waals surface area contributed by atoms with E-state index in [4.69, 9.17) is 0 Å². The monoisotopic (exact) mass is 520 g/mol. The van der Waals surface area contributed by atoms with Crippen molar-refractivity contribution in [1.29, 1.82) is 0 Å². The van der Waals surface area contributed by atoms with Crippen LogP contribution in [0, 0.1) is 0 Å². The second-order valence-electron chi connectivity index (χ2n) is 8.99. The largest absolute Gasteiger partial charge is 0.416 e. The van der Waals surface area contributed by atoms with Crippen LogP contribution in [-0.2, 0) is 16.2 Å². The van der Waals surface area contributed by atoms with Crippen molar-refractivity contribution >= 4 is 21.7 Å². The number of sulfonamides is 1. The van der Waals surface area contributed by atoms with Gasteiger partial charge in [-0.25, -0.2) is 23.4 Å². The van der Waals surface area contributed by atoms with Crippen LogP contribution >= 0.6 is 0 Å². The van der Waals surface area contributed by atoms with Crippen molar-refractivity contribution in [3.8, 4) is 0 Å². The molecule has 2 N–H and O–H groups in total. The summed E-state index contributed by atoms with van der Waals surface area (Å²) in [6.45, 7) is 0. The Balaban J connectivity index is 1.44. The van der Waals surface area contributed by atoms with Crippen molar-refractivity contribution in [2.45, 2.75) is 48.3 Å².